The van der Waals surface area contributed by atoms with Crippen molar-refractivity contribution >= 4 is 28.6 Å². The predicted octanol–water partition coefficient (Wildman–Crippen LogP) is 5.44. The molecule has 40 heavy (non-hydrogen) atoms. The van der Waals surface area contributed by atoms with Crippen LogP contribution in [0.25, 0.3) is 22.6 Å². The standard InChI is InChI=1S/C25H20F7N7O/c1-23(28,29)7-8-33-18-16-19(37-22(40)24(16,2)25(30,31)32)36-20(35-18)17-14-9-13(26)10-34-21(14)39(38-17)11-12-5-3-4-6-15(12)27/h3-6,9-10H,7-8,11H2,1-2H3,(H2,33,35,36,37,40). The van der Waals surface area contributed by atoms with Crippen molar-refractivity contribution in [3.05, 3.63) is 59.3 Å². The minimum Gasteiger partial charge on any atom is -0.369 e. The quantitative estimate of drug-likeness (QED) is 0.289. The number of rotatable bonds is 7. The number of nitrogens with one attached hydrogen (secondary N) is 2. The molecule has 1 aromatic carbocycles. The van der Waals surface area contributed by atoms with Crippen molar-refractivity contribution in [1.29, 1.82) is 0 Å². The smallest absolute Gasteiger partial charge is 0.369 e. The average molecular weight is 567 g/mol. The molecule has 0 saturated carbocycles. The van der Waals surface area contributed by atoms with Crippen molar-refractivity contribution in [3.8, 4) is 11.5 Å². The van der Waals surface area contributed by atoms with Crippen molar-refractivity contribution in [3.63, 3.8) is 0 Å². The third-order valence-electron chi connectivity index (χ3n) is 6.56. The summed E-state index contributed by atoms with van der Waals surface area (Å²) in [6.07, 6.45) is -4.93. The van der Waals surface area contributed by atoms with Crippen molar-refractivity contribution in [2.45, 2.75) is 44.3 Å². The van der Waals surface area contributed by atoms with Gasteiger partial charge in [0, 0.05) is 18.5 Å². The Morgan fingerprint density at radius 1 is 1.10 bits per heavy atom. The van der Waals surface area contributed by atoms with E-state index >= 15 is 0 Å². The highest BCUT2D eigenvalue weighted by Gasteiger charge is 2.63. The number of alkyl halides is 5. The van der Waals surface area contributed by atoms with Gasteiger partial charge in [-0.15, -0.1) is 0 Å². The van der Waals surface area contributed by atoms with Gasteiger partial charge < -0.3 is 10.6 Å². The average Bonchev–Trinajstić information content (AvgIpc) is 3.34. The zero-order valence-corrected chi connectivity index (χ0v) is 20.9. The monoisotopic (exact) mass is 567 g/mol. The summed E-state index contributed by atoms with van der Waals surface area (Å²) >= 11 is 0. The summed E-state index contributed by atoms with van der Waals surface area (Å²) in [7, 11) is 0. The van der Waals surface area contributed by atoms with Crippen LogP contribution in [-0.2, 0) is 16.8 Å². The normalized spacial score (nSPS) is 17.3. The van der Waals surface area contributed by atoms with Crippen molar-refractivity contribution in [2.24, 2.45) is 0 Å². The lowest BCUT2D eigenvalue weighted by Crippen LogP contribution is -2.45. The second-order valence-corrected chi connectivity index (χ2v) is 9.57. The van der Waals surface area contributed by atoms with Gasteiger partial charge in [0.05, 0.1) is 23.7 Å². The van der Waals surface area contributed by atoms with Gasteiger partial charge in [0.15, 0.2) is 16.9 Å². The van der Waals surface area contributed by atoms with E-state index < -0.39 is 65.2 Å². The Balaban J connectivity index is 1.68. The highest BCUT2D eigenvalue weighted by atomic mass is 19.4. The lowest BCUT2D eigenvalue weighted by Gasteiger charge is -2.26. The molecule has 1 unspecified atom stereocenters. The molecule has 2 N–H and O–H groups in total. The minimum atomic E-state index is -5.08. The summed E-state index contributed by atoms with van der Waals surface area (Å²) in [5.74, 6) is -7.28. The first kappa shape index (κ1) is 27.3. The highest BCUT2D eigenvalue weighted by Crippen LogP contribution is 2.50. The molecule has 4 heterocycles. The van der Waals surface area contributed by atoms with Crippen LogP contribution in [0.15, 0.2) is 36.5 Å². The van der Waals surface area contributed by atoms with Crippen molar-refractivity contribution < 1.29 is 35.5 Å². The van der Waals surface area contributed by atoms with Crippen molar-refractivity contribution in [1.82, 2.24) is 24.7 Å². The van der Waals surface area contributed by atoms with Crippen LogP contribution in [0.3, 0.4) is 0 Å². The fourth-order valence-corrected chi connectivity index (χ4v) is 4.37. The Morgan fingerprint density at radius 3 is 2.50 bits per heavy atom. The molecular weight excluding hydrogens is 547 g/mol. The summed E-state index contributed by atoms with van der Waals surface area (Å²) < 4.78 is 99.1. The Kier molecular flexibility index (Phi) is 6.42. The van der Waals surface area contributed by atoms with Gasteiger partial charge in [0.2, 0.25) is 11.8 Å². The van der Waals surface area contributed by atoms with Gasteiger partial charge in [-0.1, -0.05) is 18.2 Å². The maximum absolute atomic E-state index is 14.3. The zero-order valence-electron chi connectivity index (χ0n) is 20.9. The Labute approximate surface area is 221 Å². The molecule has 1 amide bonds. The van der Waals surface area contributed by atoms with Crippen LogP contribution in [0, 0.1) is 11.6 Å². The second kappa shape index (κ2) is 9.41. The molecule has 5 rings (SSSR count). The Hall–Kier alpha value is -4.30. The molecule has 1 aliphatic heterocycles. The lowest BCUT2D eigenvalue weighted by atomic mass is 9.83. The maximum Gasteiger partial charge on any atom is 0.407 e. The van der Waals surface area contributed by atoms with E-state index in [1.807, 2.05) is 0 Å². The molecule has 1 aliphatic rings. The summed E-state index contributed by atoms with van der Waals surface area (Å²) in [6.45, 7) is 0.638. The Morgan fingerprint density at radius 2 is 1.82 bits per heavy atom. The molecule has 0 aliphatic carbocycles. The molecule has 210 valence electrons. The molecule has 3 aromatic heterocycles. The van der Waals surface area contributed by atoms with E-state index in [0.717, 1.165) is 12.3 Å². The fraction of sp³-hybridized carbons (Fsp3) is 0.320. The SMILES string of the molecule is CC(F)(F)CCNc1nc(-c2nn(Cc3ccccc3F)c3ncc(F)cc23)nc2c1C(C)(C(F)(F)F)C(=O)N2. The van der Waals surface area contributed by atoms with Gasteiger partial charge in [0.1, 0.15) is 29.0 Å². The van der Waals surface area contributed by atoms with Gasteiger partial charge >= 0.3 is 6.18 Å². The lowest BCUT2D eigenvalue weighted by molar-refractivity contribution is -0.186. The number of hydrogen-bond donors (Lipinski definition) is 2. The van der Waals surface area contributed by atoms with Crippen LogP contribution >= 0.6 is 0 Å². The summed E-state index contributed by atoms with van der Waals surface area (Å²) in [6, 6.07) is 6.86. The highest BCUT2D eigenvalue weighted by molar-refractivity contribution is 6.07. The molecule has 1 atom stereocenters. The van der Waals surface area contributed by atoms with Crippen LogP contribution in [0.4, 0.5) is 42.4 Å². The van der Waals surface area contributed by atoms with Crippen LogP contribution in [-0.4, -0.2) is 49.3 Å². The van der Waals surface area contributed by atoms with E-state index in [2.05, 4.69) is 30.7 Å². The molecule has 4 aromatic rings. The molecule has 0 fully saturated rings. The van der Waals surface area contributed by atoms with Crippen LogP contribution in [0.2, 0.25) is 0 Å². The van der Waals surface area contributed by atoms with Crippen LogP contribution in [0.1, 0.15) is 31.4 Å². The van der Waals surface area contributed by atoms with E-state index in [-0.39, 0.29) is 34.7 Å². The van der Waals surface area contributed by atoms with E-state index in [1.54, 1.807) is 6.07 Å². The van der Waals surface area contributed by atoms with E-state index in [9.17, 15) is 35.5 Å². The van der Waals surface area contributed by atoms with Crippen molar-refractivity contribution in [2.75, 3.05) is 17.2 Å². The zero-order chi connectivity index (χ0) is 29.0. The first-order valence-corrected chi connectivity index (χ1v) is 11.9. The number of hydrogen-bond acceptors (Lipinski definition) is 6. The first-order valence-electron chi connectivity index (χ1n) is 11.9. The number of fused-ring (bicyclic) bond motifs is 2. The van der Waals surface area contributed by atoms with Gasteiger partial charge in [0.25, 0.3) is 0 Å². The Bertz CT molecular complexity index is 1630. The molecule has 0 saturated heterocycles. The molecule has 15 heteroatoms. The minimum absolute atomic E-state index is 0.0465. The van der Waals surface area contributed by atoms with Gasteiger partial charge in [-0.2, -0.15) is 18.3 Å². The molecule has 0 spiro atoms. The summed E-state index contributed by atoms with van der Waals surface area (Å²) in [4.78, 5) is 24.8. The second-order valence-electron chi connectivity index (χ2n) is 9.57. The van der Waals surface area contributed by atoms with E-state index in [4.69, 9.17) is 0 Å². The van der Waals surface area contributed by atoms with Gasteiger partial charge in [-0.25, -0.2) is 37.2 Å². The number of carbonyl (C=O) groups is 1. The number of carbonyl (C=O) groups excluding carboxylic acids is 1. The van der Waals surface area contributed by atoms with Gasteiger partial charge in [-0.3, -0.25) is 4.79 Å². The number of aromatic nitrogens is 5. The largest absolute Gasteiger partial charge is 0.407 e. The predicted molar refractivity (Wildman–Crippen MR) is 130 cm³/mol. The fourth-order valence-electron chi connectivity index (χ4n) is 4.37. The number of benzene rings is 1. The van der Waals surface area contributed by atoms with E-state index in [0.29, 0.717) is 13.8 Å². The van der Waals surface area contributed by atoms with Crippen LogP contribution < -0.4 is 10.6 Å². The van der Waals surface area contributed by atoms with E-state index in [1.165, 1.54) is 22.9 Å². The van der Waals surface area contributed by atoms with Crippen LogP contribution in [0.5, 0.6) is 0 Å². The number of pyridine rings is 1. The number of halogens is 7. The summed E-state index contributed by atoms with van der Waals surface area (Å²) in [5.41, 5.74) is -3.59. The maximum atomic E-state index is 14.3. The third-order valence-corrected chi connectivity index (χ3v) is 6.56. The summed E-state index contributed by atoms with van der Waals surface area (Å²) in [5, 5.41) is 8.96. The molecule has 0 bridgehead atoms. The molecule has 8 nitrogen and oxygen atoms in total. The number of amides is 1. The topological polar surface area (TPSA) is 97.6 Å². The number of nitrogens with zero attached hydrogens (tertiary/aromatic N) is 5. The third kappa shape index (κ3) is 4.69. The van der Waals surface area contributed by atoms with Gasteiger partial charge in [-0.05, 0) is 26.0 Å². The molecule has 0 radical (unpaired) electrons. The first-order chi connectivity index (χ1) is 18.7. The number of anilines is 2. The molecular formula is C25H20F7N7O.